The van der Waals surface area contributed by atoms with Crippen LogP contribution in [0.4, 0.5) is 0 Å². The van der Waals surface area contributed by atoms with E-state index in [0.717, 1.165) is 12.8 Å². The average Bonchev–Trinajstić information content (AvgIpc) is 3.02. The molecule has 0 bridgehead atoms. The van der Waals surface area contributed by atoms with E-state index < -0.39 is 0 Å². The molecule has 4 rings (SSSR count). The number of carbonyl (C=O) groups is 2. The van der Waals surface area contributed by atoms with Crippen LogP contribution < -0.4 is 5.32 Å². The lowest BCUT2D eigenvalue weighted by molar-refractivity contribution is -0.122. The van der Waals surface area contributed by atoms with Gasteiger partial charge in [0.25, 0.3) is 5.91 Å². The maximum Gasteiger partial charge on any atom is 0.293 e. The third-order valence-corrected chi connectivity index (χ3v) is 5.16. The lowest BCUT2D eigenvalue weighted by Crippen LogP contribution is -2.44. The normalized spacial score (nSPS) is 29.6. The predicted molar refractivity (Wildman–Crippen MR) is 79.4 cm³/mol. The molecular weight excluding hydrogens is 298 g/mol. The second-order valence-electron chi connectivity index (χ2n) is 6.99. The molecule has 3 aliphatic rings. The topological polar surface area (TPSA) is 89.4 Å². The van der Waals surface area contributed by atoms with Crippen LogP contribution in [0.5, 0.6) is 0 Å². The van der Waals surface area contributed by atoms with E-state index in [4.69, 9.17) is 4.74 Å². The fourth-order valence-electron chi connectivity index (χ4n) is 3.57. The minimum atomic E-state index is -0.172. The molecule has 0 radical (unpaired) electrons. The van der Waals surface area contributed by atoms with Gasteiger partial charge in [0.2, 0.25) is 11.7 Å². The Morgan fingerprint density at radius 1 is 1.48 bits per heavy atom. The first-order valence-electron chi connectivity index (χ1n) is 8.08. The third kappa shape index (κ3) is 2.60. The number of aryl methyl sites for hydroxylation is 1. The number of carbonyl (C=O) groups excluding carboxylic acids is 2. The SMILES string of the molecule is Cn1cnc(C(=O)N2C[C@@H]3COC[C@]3(CNC(=O)C3CC3)C2)n1. The van der Waals surface area contributed by atoms with Crippen molar-refractivity contribution in [3.8, 4) is 0 Å². The second kappa shape index (κ2) is 5.30. The van der Waals surface area contributed by atoms with Crippen molar-refractivity contribution in [3.63, 3.8) is 0 Å². The van der Waals surface area contributed by atoms with Crippen molar-refractivity contribution in [3.05, 3.63) is 12.2 Å². The maximum atomic E-state index is 12.5. The smallest absolute Gasteiger partial charge is 0.293 e. The molecule has 2 aliphatic heterocycles. The zero-order chi connectivity index (χ0) is 16.0. The Hall–Kier alpha value is -1.96. The Labute approximate surface area is 134 Å². The molecule has 8 nitrogen and oxygen atoms in total. The highest BCUT2D eigenvalue weighted by Gasteiger charge is 2.52. The molecule has 8 heteroatoms. The number of rotatable bonds is 4. The number of nitrogens with zero attached hydrogens (tertiary/aromatic N) is 4. The number of hydrogen-bond acceptors (Lipinski definition) is 5. The number of hydrogen-bond donors (Lipinski definition) is 1. The quantitative estimate of drug-likeness (QED) is 0.803. The van der Waals surface area contributed by atoms with E-state index >= 15 is 0 Å². The van der Waals surface area contributed by atoms with Crippen molar-refractivity contribution >= 4 is 11.8 Å². The fourth-order valence-corrected chi connectivity index (χ4v) is 3.57. The van der Waals surface area contributed by atoms with Crippen LogP contribution in [0.1, 0.15) is 23.5 Å². The minimum absolute atomic E-state index is 0.140. The van der Waals surface area contributed by atoms with E-state index in [2.05, 4.69) is 15.4 Å². The highest BCUT2D eigenvalue weighted by molar-refractivity contribution is 5.90. The highest BCUT2D eigenvalue weighted by Crippen LogP contribution is 2.41. The summed E-state index contributed by atoms with van der Waals surface area (Å²) in [5.41, 5.74) is -0.172. The van der Waals surface area contributed by atoms with Crippen LogP contribution >= 0.6 is 0 Å². The van der Waals surface area contributed by atoms with E-state index in [1.807, 2.05) is 0 Å². The van der Waals surface area contributed by atoms with E-state index in [9.17, 15) is 9.59 Å². The van der Waals surface area contributed by atoms with Gasteiger partial charge in [-0.2, -0.15) is 0 Å². The Kier molecular flexibility index (Phi) is 3.37. The Balaban J connectivity index is 1.44. The Bertz CT molecular complexity index is 641. The lowest BCUT2D eigenvalue weighted by Gasteiger charge is -2.27. The van der Waals surface area contributed by atoms with Crippen LogP contribution in [-0.2, 0) is 16.6 Å². The van der Waals surface area contributed by atoms with Gasteiger partial charge in [0.1, 0.15) is 6.33 Å². The van der Waals surface area contributed by atoms with Crippen LogP contribution in [0.15, 0.2) is 6.33 Å². The first-order chi connectivity index (χ1) is 11.1. The number of amides is 2. The van der Waals surface area contributed by atoms with Crippen LogP contribution in [0, 0.1) is 17.3 Å². The third-order valence-electron chi connectivity index (χ3n) is 5.16. The number of nitrogens with one attached hydrogen (secondary N) is 1. The zero-order valence-electron chi connectivity index (χ0n) is 13.2. The van der Waals surface area contributed by atoms with Gasteiger partial charge >= 0.3 is 0 Å². The average molecular weight is 319 g/mol. The Morgan fingerprint density at radius 2 is 2.30 bits per heavy atom. The summed E-state index contributed by atoms with van der Waals surface area (Å²) in [5, 5.41) is 7.15. The molecule has 0 unspecified atom stereocenters. The van der Waals surface area contributed by atoms with Gasteiger partial charge in [0, 0.05) is 43.9 Å². The maximum absolute atomic E-state index is 12.5. The molecule has 3 heterocycles. The standard InChI is InChI=1S/C15H21N5O3/c1-19-9-17-12(18-19)14(22)20-4-11-5-23-8-15(11,7-20)6-16-13(21)10-2-3-10/h9-11H,2-8H2,1H3,(H,16,21)/t11-,15+/m1/s1. The highest BCUT2D eigenvalue weighted by atomic mass is 16.5. The fraction of sp³-hybridized carbons (Fsp3) is 0.733. The van der Waals surface area contributed by atoms with E-state index in [1.54, 1.807) is 11.9 Å². The zero-order valence-corrected chi connectivity index (χ0v) is 13.2. The molecule has 3 fully saturated rings. The van der Waals surface area contributed by atoms with Gasteiger partial charge in [-0.3, -0.25) is 14.3 Å². The monoisotopic (exact) mass is 319 g/mol. The first kappa shape index (κ1) is 14.6. The molecule has 124 valence electrons. The van der Waals surface area contributed by atoms with E-state index in [1.165, 1.54) is 11.0 Å². The van der Waals surface area contributed by atoms with Gasteiger partial charge in [0.15, 0.2) is 0 Å². The van der Waals surface area contributed by atoms with Gasteiger partial charge in [-0.15, -0.1) is 5.10 Å². The summed E-state index contributed by atoms with van der Waals surface area (Å²) in [6.07, 6.45) is 3.52. The van der Waals surface area contributed by atoms with Gasteiger partial charge in [-0.1, -0.05) is 0 Å². The van der Waals surface area contributed by atoms with E-state index in [-0.39, 0.29) is 34.9 Å². The molecule has 1 aromatic rings. The summed E-state index contributed by atoms with van der Waals surface area (Å²) in [6.45, 7) is 3.02. The number of aromatic nitrogens is 3. The number of fused-ring (bicyclic) bond motifs is 1. The molecule has 1 aromatic heterocycles. The molecule has 2 amide bonds. The van der Waals surface area contributed by atoms with Crippen molar-refractivity contribution in [1.82, 2.24) is 25.0 Å². The van der Waals surface area contributed by atoms with Crippen molar-refractivity contribution < 1.29 is 14.3 Å². The Morgan fingerprint density at radius 3 is 3.00 bits per heavy atom. The molecule has 1 N–H and O–H groups in total. The van der Waals surface area contributed by atoms with Crippen molar-refractivity contribution in [1.29, 1.82) is 0 Å². The molecule has 2 saturated heterocycles. The summed E-state index contributed by atoms with van der Waals surface area (Å²) in [6, 6.07) is 0. The van der Waals surface area contributed by atoms with Crippen molar-refractivity contribution in [2.45, 2.75) is 12.8 Å². The van der Waals surface area contributed by atoms with Crippen molar-refractivity contribution in [2.24, 2.45) is 24.3 Å². The summed E-state index contributed by atoms with van der Waals surface area (Å²) >= 11 is 0. The predicted octanol–water partition coefficient (Wildman–Crippen LogP) is -0.570. The largest absolute Gasteiger partial charge is 0.380 e. The molecule has 2 atom stereocenters. The minimum Gasteiger partial charge on any atom is -0.380 e. The van der Waals surface area contributed by atoms with Gasteiger partial charge in [-0.05, 0) is 12.8 Å². The second-order valence-corrected chi connectivity index (χ2v) is 6.99. The van der Waals surface area contributed by atoms with Gasteiger partial charge < -0.3 is 15.0 Å². The molecular formula is C15H21N5O3. The van der Waals surface area contributed by atoms with Gasteiger partial charge in [0.05, 0.1) is 13.2 Å². The molecule has 1 saturated carbocycles. The summed E-state index contributed by atoms with van der Waals surface area (Å²) in [7, 11) is 1.74. The van der Waals surface area contributed by atoms with Crippen LogP contribution in [0.3, 0.4) is 0 Å². The van der Waals surface area contributed by atoms with Crippen LogP contribution in [0.2, 0.25) is 0 Å². The number of ether oxygens (including phenoxy) is 1. The first-order valence-corrected chi connectivity index (χ1v) is 8.08. The molecule has 1 aliphatic carbocycles. The van der Waals surface area contributed by atoms with Crippen LogP contribution in [-0.4, -0.2) is 64.3 Å². The molecule has 0 spiro atoms. The van der Waals surface area contributed by atoms with E-state index in [0.29, 0.717) is 32.8 Å². The van der Waals surface area contributed by atoms with Crippen molar-refractivity contribution in [2.75, 3.05) is 32.8 Å². The van der Waals surface area contributed by atoms with Gasteiger partial charge in [-0.25, -0.2) is 4.98 Å². The summed E-state index contributed by atoms with van der Waals surface area (Å²) in [4.78, 5) is 30.3. The molecule has 0 aromatic carbocycles. The number of likely N-dealkylation sites (tertiary alicyclic amines) is 1. The summed E-state index contributed by atoms with van der Waals surface area (Å²) < 4.78 is 7.16. The lowest BCUT2D eigenvalue weighted by atomic mass is 9.81. The molecule has 23 heavy (non-hydrogen) atoms. The summed E-state index contributed by atoms with van der Waals surface area (Å²) in [5.74, 6) is 0.679. The van der Waals surface area contributed by atoms with Crippen LogP contribution in [0.25, 0.3) is 0 Å².